The van der Waals surface area contributed by atoms with Crippen molar-refractivity contribution in [2.45, 2.75) is 13.0 Å². The van der Waals surface area contributed by atoms with Gasteiger partial charge in [0.05, 0.1) is 18.7 Å². The Hall–Kier alpha value is -4.33. The van der Waals surface area contributed by atoms with Crippen molar-refractivity contribution in [2.24, 2.45) is 0 Å². The fourth-order valence-electron chi connectivity index (χ4n) is 3.68. The third kappa shape index (κ3) is 4.10. The summed E-state index contributed by atoms with van der Waals surface area (Å²) in [6.07, 6.45) is 1.61. The first kappa shape index (κ1) is 21.9. The number of benzene rings is 2. The van der Waals surface area contributed by atoms with Gasteiger partial charge in [0.15, 0.2) is 5.82 Å². The van der Waals surface area contributed by atoms with Crippen LogP contribution in [0.15, 0.2) is 77.3 Å². The summed E-state index contributed by atoms with van der Waals surface area (Å²) >= 11 is 0. The minimum absolute atomic E-state index is 0.0632. The van der Waals surface area contributed by atoms with Crippen molar-refractivity contribution in [3.8, 4) is 11.5 Å². The molecule has 8 nitrogen and oxygen atoms in total. The second-order valence-corrected chi connectivity index (χ2v) is 7.37. The Balaban J connectivity index is 1.89. The van der Waals surface area contributed by atoms with Crippen LogP contribution in [0.4, 0.5) is 5.82 Å². The van der Waals surface area contributed by atoms with Gasteiger partial charge in [0.2, 0.25) is 0 Å². The molecule has 1 atom stereocenters. The molecule has 0 radical (unpaired) electrons. The molecule has 0 aliphatic carbocycles. The molecule has 1 aromatic heterocycles. The number of aryl methyl sites for hydroxylation is 1. The Morgan fingerprint density at radius 3 is 2.58 bits per heavy atom. The van der Waals surface area contributed by atoms with Gasteiger partial charge in [-0.25, -0.2) is 0 Å². The Kier molecular flexibility index (Phi) is 5.99. The molecular weight excluding hydrogens is 424 g/mol. The van der Waals surface area contributed by atoms with Crippen molar-refractivity contribution < 1.29 is 28.7 Å². The molecule has 1 N–H and O–H groups in total. The van der Waals surface area contributed by atoms with Gasteiger partial charge in [-0.05, 0) is 48.9 Å². The zero-order valence-corrected chi connectivity index (χ0v) is 18.1. The number of carbonyl (C=O) groups is 2. The van der Waals surface area contributed by atoms with E-state index in [9.17, 15) is 14.7 Å². The number of anilines is 1. The lowest BCUT2D eigenvalue weighted by Crippen LogP contribution is -2.29. The Bertz CT molecular complexity index is 1240. The van der Waals surface area contributed by atoms with Crippen molar-refractivity contribution in [3.63, 3.8) is 0 Å². The zero-order valence-electron chi connectivity index (χ0n) is 18.1. The summed E-state index contributed by atoms with van der Waals surface area (Å²) in [6, 6.07) is 14.1. The van der Waals surface area contributed by atoms with E-state index in [0.29, 0.717) is 28.4 Å². The van der Waals surface area contributed by atoms with Crippen molar-refractivity contribution >= 4 is 23.3 Å². The Labute approximate surface area is 190 Å². The molecule has 33 heavy (non-hydrogen) atoms. The second kappa shape index (κ2) is 9.04. The van der Waals surface area contributed by atoms with E-state index in [2.05, 4.69) is 11.7 Å². The highest BCUT2D eigenvalue weighted by molar-refractivity contribution is 6.51. The molecule has 2 heterocycles. The lowest BCUT2D eigenvalue weighted by atomic mass is 9.95. The van der Waals surface area contributed by atoms with Crippen LogP contribution in [0.2, 0.25) is 0 Å². The largest absolute Gasteiger partial charge is 0.507 e. The number of aliphatic hydroxyl groups is 1. The van der Waals surface area contributed by atoms with Gasteiger partial charge in [-0.3, -0.25) is 14.5 Å². The average Bonchev–Trinajstić information content (AvgIpc) is 3.38. The van der Waals surface area contributed by atoms with Gasteiger partial charge in [-0.15, -0.1) is 0 Å². The number of aliphatic hydroxyl groups excluding tert-OH is 1. The van der Waals surface area contributed by atoms with E-state index in [1.54, 1.807) is 67.6 Å². The molecule has 1 aliphatic rings. The summed E-state index contributed by atoms with van der Waals surface area (Å²) in [6.45, 7) is 5.61. The quantitative estimate of drug-likeness (QED) is 0.251. The number of amides is 1. The average molecular weight is 446 g/mol. The number of hydrogen-bond acceptors (Lipinski definition) is 7. The van der Waals surface area contributed by atoms with Gasteiger partial charge in [0.25, 0.3) is 5.78 Å². The predicted molar refractivity (Wildman–Crippen MR) is 121 cm³/mol. The molecule has 4 rings (SSSR count). The van der Waals surface area contributed by atoms with Crippen LogP contribution >= 0.6 is 0 Å². The number of carbonyl (C=O) groups excluding carboxylic acids is 2. The number of methoxy groups -OCH3 is 1. The normalized spacial score (nSPS) is 17.3. The molecule has 0 bridgehead atoms. The SMILES string of the molecule is C=CCOc1cccc(C2/C(=C(/O)c3ccc(OC)cc3)C(=O)C(=O)N2c2cc(C)on2)c1. The van der Waals surface area contributed by atoms with E-state index in [1.165, 1.54) is 12.0 Å². The van der Waals surface area contributed by atoms with Crippen LogP contribution in [0, 0.1) is 6.92 Å². The van der Waals surface area contributed by atoms with Crippen LogP contribution in [0.3, 0.4) is 0 Å². The van der Waals surface area contributed by atoms with Crippen molar-refractivity contribution in [1.29, 1.82) is 0 Å². The molecule has 8 heteroatoms. The molecule has 1 aliphatic heterocycles. The van der Waals surface area contributed by atoms with E-state index in [0.717, 1.165) is 0 Å². The summed E-state index contributed by atoms with van der Waals surface area (Å²) in [5.74, 6) is -0.185. The first-order valence-electron chi connectivity index (χ1n) is 10.2. The second-order valence-electron chi connectivity index (χ2n) is 7.37. The zero-order chi connectivity index (χ0) is 23.5. The van der Waals surface area contributed by atoms with Crippen LogP contribution in [0.25, 0.3) is 5.76 Å². The number of rotatable bonds is 7. The highest BCUT2D eigenvalue weighted by Gasteiger charge is 2.48. The third-order valence-electron chi connectivity index (χ3n) is 5.21. The maximum absolute atomic E-state index is 13.1. The molecule has 3 aromatic rings. The maximum atomic E-state index is 13.1. The smallest absolute Gasteiger partial charge is 0.301 e. The summed E-state index contributed by atoms with van der Waals surface area (Å²) in [7, 11) is 1.53. The van der Waals surface area contributed by atoms with E-state index in [-0.39, 0.29) is 23.8 Å². The molecule has 0 spiro atoms. The topological polar surface area (TPSA) is 102 Å². The number of ketones is 1. The van der Waals surface area contributed by atoms with E-state index < -0.39 is 17.7 Å². The monoisotopic (exact) mass is 446 g/mol. The lowest BCUT2D eigenvalue weighted by molar-refractivity contribution is -0.132. The lowest BCUT2D eigenvalue weighted by Gasteiger charge is -2.23. The molecule has 1 unspecified atom stereocenters. The first-order chi connectivity index (χ1) is 15.9. The summed E-state index contributed by atoms with van der Waals surface area (Å²) in [4.78, 5) is 27.4. The molecule has 168 valence electrons. The van der Waals surface area contributed by atoms with Crippen LogP contribution in [0.5, 0.6) is 11.5 Å². The van der Waals surface area contributed by atoms with Gasteiger partial charge in [0, 0.05) is 11.6 Å². The first-order valence-corrected chi connectivity index (χ1v) is 10.2. The third-order valence-corrected chi connectivity index (χ3v) is 5.21. The van der Waals surface area contributed by atoms with E-state index in [1.807, 2.05) is 0 Å². The minimum atomic E-state index is -0.941. The van der Waals surface area contributed by atoms with Crippen LogP contribution < -0.4 is 14.4 Å². The summed E-state index contributed by atoms with van der Waals surface area (Å²) in [5.41, 5.74) is 0.868. The molecular formula is C25H22N2O6. The predicted octanol–water partition coefficient (Wildman–Crippen LogP) is 4.18. The fourth-order valence-corrected chi connectivity index (χ4v) is 3.68. The molecule has 1 fully saturated rings. The van der Waals surface area contributed by atoms with Crippen LogP contribution in [0.1, 0.15) is 22.9 Å². The fraction of sp³-hybridized carbons (Fsp3) is 0.160. The minimum Gasteiger partial charge on any atom is -0.507 e. The molecule has 0 saturated carbocycles. The van der Waals surface area contributed by atoms with Gasteiger partial charge in [-0.2, -0.15) is 0 Å². The highest BCUT2D eigenvalue weighted by atomic mass is 16.5. The number of Topliss-reactive ketones (excluding diaryl/α,β-unsaturated/α-hetero) is 1. The van der Waals surface area contributed by atoms with Gasteiger partial charge in [-0.1, -0.05) is 29.9 Å². The van der Waals surface area contributed by atoms with Crippen LogP contribution in [-0.4, -0.2) is 35.7 Å². The number of ether oxygens (including phenoxy) is 2. The number of aromatic nitrogens is 1. The standard InChI is InChI=1S/C25H22N2O6/c1-4-12-32-19-7-5-6-17(14-19)22-21(23(28)16-8-10-18(31-3)11-9-16)24(29)25(30)27(22)20-13-15(2)33-26-20/h4-11,13-14,22,28H,1,12H2,2-3H3/b23-21-. The van der Waals surface area contributed by atoms with Crippen molar-refractivity contribution in [1.82, 2.24) is 5.16 Å². The molecule has 2 aromatic carbocycles. The summed E-state index contributed by atoms with van der Waals surface area (Å²) in [5, 5.41) is 15.1. The van der Waals surface area contributed by atoms with Crippen molar-refractivity contribution in [2.75, 3.05) is 18.6 Å². The molecule has 1 amide bonds. The van der Waals surface area contributed by atoms with Gasteiger partial charge >= 0.3 is 5.91 Å². The number of hydrogen-bond donors (Lipinski definition) is 1. The maximum Gasteiger partial charge on any atom is 0.301 e. The molecule has 1 saturated heterocycles. The van der Waals surface area contributed by atoms with Gasteiger partial charge in [0.1, 0.15) is 29.6 Å². The van der Waals surface area contributed by atoms with E-state index >= 15 is 0 Å². The Morgan fingerprint density at radius 2 is 1.94 bits per heavy atom. The highest BCUT2D eigenvalue weighted by Crippen LogP contribution is 2.42. The van der Waals surface area contributed by atoms with Crippen molar-refractivity contribution in [3.05, 3.63) is 89.7 Å². The Morgan fingerprint density at radius 1 is 1.18 bits per heavy atom. The summed E-state index contributed by atoms with van der Waals surface area (Å²) < 4.78 is 15.9. The van der Waals surface area contributed by atoms with E-state index in [4.69, 9.17) is 14.0 Å². The van der Waals surface area contributed by atoms with Crippen LogP contribution in [-0.2, 0) is 9.59 Å². The van der Waals surface area contributed by atoms with Gasteiger partial charge < -0.3 is 19.1 Å². The number of nitrogens with zero attached hydrogens (tertiary/aromatic N) is 2.